The molecule has 4 rings (SSSR count). The van der Waals surface area contributed by atoms with Crippen LogP contribution in [-0.4, -0.2) is 40.2 Å². The molecule has 1 N–H and O–H groups in total. The van der Waals surface area contributed by atoms with E-state index in [9.17, 15) is 9.59 Å². The van der Waals surface area contributed by atoms with Crippen molar-refractivity contribution in [3.8, 4) is 0 Å². The third kappa shape index (κ3) is 4.07. The maximum atomic E-state index is 12.8. The molecule has 0 radical (unpaired) electrons. The number of carbonyl (C=O) groups is 1. The molecular formula is C18H20N5O4S+. The normalized spacial score (nSPS) is 13.8. The fourth-order valence-electron chi connectivity index (χ4n) is 2.81. The minimum absolute atomic E-state index is 0.0505. The van der Waals surface area contributed by atoms with Gasteiger partial charge in [-0.15, -0.1) is 0 Å². The molecule has 1 fully saturated rings. The standard InChI is InChI=1S/C18H19N5O4S/c1-26-9-8-22-10-16(27-21-22)20-15(24)11-28-18-19-14-5-3-2-4-13(14)17(25)23(18)12-6-7-12/h2-5,10,12H,6-9,11H2,1H3/p+1. The Balaban J connectivity index is 1.46. The average Bonchev–Trinajstić information content (AvgIpc) is 3.44. The zero-order valence-electron chi connectivity index (χ0n) is 15.3. The van der Waals surface area contributed by atoms with Crippen LogP contribution in [0, 0.1) is 0 Å². The zero-order valence-corrected chi connectivity index (χ0v) is 16.1. The second-order valence-electron chi connectivity index (χ2n) is 6.48. The van der Waals surface area contributed by atoms with Crippen LogP contribution in [0.3, 0.4) is 0 Å². The van der Waals surface area contributed by atoms with Crippen LogP contribution in [0.2, 0.25) is 0 Å². The van der Waals surface area contributed by atoms with E-state index >= 15 is 0 Å². The van der Waals surface area contributed by atoms with Crippen molar-refractivity contribution in [3.63, 3.8) is 0 Å². The summed E-state index contributed by atoms with van der Waals surface area (Å²) >= 11 is 1.24. The summed E-state index contributed by atoms with van der Waals surface area (Å²) in [5, 5.41) is 7.62. The van der Waals surface area contributed by atoms with Crippen LogP contribution in [0.25, 0.3) is 10.9 Å². The summed E-state index contributed by atoms with van der Waals surface area (Å²) in [6.45, 7) is 1.02. The molecule has 1 amide bonds. The number of carbonyl (C=O) groups excluding carboxylic acids is 1. The highest BCUT2D eigenvalue weighted by Crippen LogP contribution is 2.36. The third-order valence-corrected chi connectivity index (χ3v) is 5.27. The first-order valence-corrected chi connectivity index (χ1v) is 9.93. The van der Waals surface area contributed by atoms with Gasteiger partial charge in [0.05, 0.1) is 16.7 Å². The van der Waals surface area contributed by atoms with E-state index in [0.717, 1.165) is 12.8 Å². The summed E-state index contributed by atoms with van der Waals surface area (Å²) in [6.07, 6.45) is 3.51. The number of para-hydroxylation sites is 1. The molecule has 0 atom stereocenters. The summed E-state index contributed by atoms with van der Waals surface area (Å²) in [6, 6.07) is 7.45. The largest absolute Gasteiger partial charge is 0.378 e. The number of aromatic nitrogens is 4. The Morgan fingerprint density at radius 3 is 3.04 bits per heavy atom. The summed E-state index contributed by atoms with van der Waals surface area (Å²) in [7, 11) is 1.60. The Kier molecular flexibility index (Phi) is 5.40. The van der Waals surface area contributed by atoms with E-state index in [1.807, 2.05) is 18.2 Å². The lowest BCUT2D eigenvalue weighted by atomic mass is 10.2. The van der Waals surface area contributed by atoms with Crippen LogP contribution < -0.4 is 15.6 Å². The second kappa shape index (κ2) is 8.11. The first-order chi connectivity index (χ1) is 13.7. The number of amides is 1. The van der Waals surface area contributed by atoms with Gasteiger partial charge in [0, 0.05) is 13.2 Å². The molecule has 2 aromatic heterocycles. The minimum atomic E-state index is -0.259. The van der Waals surface area contributed by atoms with Gasteiger partial charge in [0.2, 0.25) is 17.7 Å². The van der Waals surface area contributed by atoms with E-state index in [1.54, 1.807) is 28.6 Å². The van der Waals surface area contributed by atoms with Crippen molar-refractivity contribution in [2.24, 2.45) is 0 Å². The van der Waals surface area contributed by atoms with Gasteiger partial charge in [0.15, 0.2) is 5.16 Å². The first kappa shape index (κ1) is 18.6. The lowest BCUT2D eigenvalue weighted by molar-refractivity contribution is -0.763. The van der Waals surface area contributed by atoms with Crippen molar-refractivity contribution in [2.45, 2.75) is 30.6 Å². The molecular weight excluding hydrogens is 382 g/mol. The molecule has 9 nitrogen and oxygen atoms in total. The first-order valence-electron chi connectivity index (χ1n) is 8.95. The van der Waals surface area contributed by atoms with Crippen molar-refractivity contribution in [2.75, 3.05) is 24.8 Å². The Labute approximate surface area is 164 Å². The van der Waals surface area contributed by atoms with E-state index in [1.165, 1.54) is 11.8 Å². The molecule has 3 aromatic rings. The predicted octanol–water partition coefficient (Wildman–Crippen LogP) is 1.38. The van der Waals surface area contributed by atoms with Crippen LogP contribution in [-0.2, 0) is 16.1 Å². The molecule has 0 bridgehead atoms. The van der Waals surface area contributed by atoms with Gasteiger partial charge < -0.3 is 4.74 Å². The van der Waals surface area contributed by atoms with Crippen LogP contribution in [0.5, 0.6) is 0 Å². The lowest BCUT2D eigenvalue weighted by Crippen LogP contribution is -2.36. The van der Waals surface area contributed by atoms with E-state index in [0.29, 0.717) is 29.2 Å². The number of hydrogen-bond donors (Lipinski definition) is 1. The predicted molar refractivity (Wildman–Crippen MR) is 102 cm³/mol. The van der Waals surface area contributed by atoms with Gasteiger partial charge in [0.25, 0.3) is 11.8 Å². The van der Waals surface area contributed by atoms with Crippen molar-refractivity contribution < 1.29 is 18.7 Å². The molecule has 1 aliphatic carbocycles. The van der Waals surface area contributed by atoms with Gasteiger partial charge in [-0.3, -0.25) is 24.0 Å². The summed E-state index contributed by atoms with van der Waals surface area (Å²) < 4.78 is 13.3. The SMILES string of the molecule is COCC[n+]1cc(NC(=O)CSc2nc3ccccc3c(=O)n2C2CC2)on1. The van der Waals surface area contributed by atoms with Gasteiger partial charge >= 0.3 is 5.88 Å². The number of fused-ring (bicyclic) bond motifs is 1. The quantitative estimate of drug-likeness (QED) is 0.345. The van der Waals surface area contributed by atoms with E-state index in [4.69, 9.17) is 9.26 Å². The van der Waals surface area contributed by atoms with E-state index in [-0.39, 0.29) is 29.1 Å². The van der Waals surface area contributed by atoms with Crippen LogP contribution in [0.15, 0.2) is 44.9 Å². The van der Waals surface area contributed by atoms with Gasteiger partial charge in [0.1, 0.15) is 6.61 Å². The Morgan fingerprint density at radius 1 is 1.43 bits per heavy atom. The number of thioether (sulfide) groups is 1. The fraction of sp³-hybridized carbons (Fsp3) is 0.389. The van der Waals surface area contributed by atoms with Crippen molar-refractivity contribution >= 4 is 34.5 Å². The van der Waals surface area contributed by atoms with Crippen LogP contribution >= 0.6 is 11.8 Å². The van der Waals surface area contributed by atoms with Crippen molar-refractivity contribution in [3.05, 3.63) is 40.8 Å². The number of benzene rings is 1. The number of hydrogen-bond acceptors (Lipinski definition) is 7. The highest BCUT2D eigenvalue weighted by Gasteiger charge is 2.28. The maximum absolute atomic E-state index is 12.8. The molecule has 10 heteroatoms. The summed E-state index contributed by atoms with van der Waals surface area (Å²) in [5.74, 6) is 0.105. The van der Waals surface area contributed by atoms with E-state index < -0.39 is 0 Å². The molecule has 1 aromatic carbocycles. The summed E-state index contributed by atoms with van der Waals surface area (Å²) in [4.78, 5) is 29.7. The molecule has 28 heavy (non-hydrogen) atoms. The molecule has 2 heterocycles. The molecule has 1 saturated carbocycles. The zero-order chi connectivity index (χ0) is 19.5. The monoisotopic (exact) mass is 402 g/mol. The Hall–Kier alpha value is -2.72. The maximum Gasteiger partial charge on any atom is 0.302 e. The topological polar surface area (TPSA) is 103 Å². The molecule has 0 unspecified atom stereocenters. The number of rotatable bonds is 8. The van der Waals surface area contributed by atoms with Gasteiger partial charge in [-0.2, -0.15) is 0 Å². The fourth-order valence-corrected chi connectivity index (χ4v) is 3.68. The molecule has 0 saturated heterocycles. The number of nitrogens with zero attached hydrogens (tertiary/aromatic N) is 4. The minimum Gasteiger partial charge on any atom is -0.378 e. The van der Waals surface area contributed by atoms with Crippen molar-refractivity contribution in [1.82, 2.24) is 14.8 Å². The molecule has 1 aliphatic rings. The molecule has 146 valence electrons. The third-order valence-electron chi connectivity index (χ3n) is 4.32. The van der Waals surface area contributed by atoms with Crippen LogP contribution in [0.1, 0.15) is 18.9 Å². The Morgan fingerprint density at radius 2 is 2.25 bits per heavy atom. The van der Waals surface area contributed by atoms with Crippen molar-refractivity contribution in [1.29, 1.82) is 0 Å². The lowest BCUT2D eigenvalue weighted by Gasteiger charge is -2.11. The highest BCUT2D eigenvalue weighted by molar-refractivity contribution is 7.99. The van der Waals surface area contributed by atoms with Gasteiger partial charge in [-0.25, -0.2) is 4.98 Å². The Bertz CT molecular complexity index is 1060. The van der Waals surface area contributed by atoms with Gasteiger partial charge in [-0.1, -0.05) is 23.9 Å². The average molecular weight is 402 g/mol. The van der Waals surface area contributed by atoms with E-state index in [2.05, 4.69) is 15.6 Å². The second-order valence-corrected chi connectivity index (χ2v) is 7.42. The smallest absolute Gasteiger partial charge is 0.302 e. The molecule has 0 aliphatic heterocycles. The van der Waals surface area contributed by atoms with Gasteiger partial charge in [-0.05, 0) is 29.7 Å². The summed E-state index contributed by atoms with van der Waals surface area (Å²) in [5.41, 5.74) is 0.590. The number of ether oxygens (including phenoxy) is 1. The van der Waals surface area contributed by atoms with Crippen LogP contribution in [0.4, 0.5) is 5.88 Å². The number of nitrogens with one attached hydrogen (secondary N) is 1. The highest BCUT2D eigenvalue weighted by atomic mass is 32.2. The molecule has 0 spiro atoms. The number of methoxy groups -OCH3 is 1. The number of anilines is 1.